The van der Waals surface area contributed by atoms with E-state index in [1.54, 1.807) is 38.1 Å². The highest BCUT2D eigenvalue weighted by atomic mass is 35.5. The summed E-state index contributed by atoms with van der Waals surface area (Å²) in [6, 6.07) is 12.2. The normalized spacial score (nSPS) is 19.0. The molecule has 1 aliphatic heterocycles. The van der Waals surface area contributed by atoms with E-state index in [-0.39, 0.29) is 49.0 Å². The monoisotopic (exact) mass is 869 g/mol. The first-order chi connectivity index (χ1) is 29.3. The number of ether oxygens (including phenoxy) is 5. The summed E-state index contributed by atoms with van der Waals surface area (Å²) in [5, 5.41) is 3.66. The average Bonchev–Trinajstić information content (AvgIpc) is 3.22. The lowest BCUT2D eigenvalue weighted by Crippen LogP contribution is -2.49. The molecule has 338 valence electrons. The number of hydrogen-bond donors (Lipinski definition) is 1. The lowest BCUT2D eigenvalue weighted by atomic mass is 9.65. The van der Waals surface area contributed by atoms with E-state index < -0.39 is 23.5 Å². The van der Waals surface area contributed by atoms with Gasteiger partial charge < -0.3 is 38.8 Å². The largest absolute Gasteiger partial charge is 0.466 e. The van der Waals surface area contributed by atoms with E-state index in [9.17, 15) is 18.8 Å². The van der Waals surface area contributed by atoms with Crippen LogP contribution in [-0.4, -0.2) is 114 Å². The molecular formula is C48H69ClFN3O8. The van der Waals surface area contributed by atoms with Crippen molar-refractivity contribution in [1.82, 2.24) is 15.1 Å². The third-order valence-electron chi connectivity index (χ3n) is 11.9. The molecule has 1 aliphatic carbocycles. The van der Waals surface area contributed by atoms with Crippen LogP contribution in [0.3, 0.4) is 0 Å². The number of nitrogens with zero attached hydrogens (tertiary/aromatic N) is 2. The highest BCUT2D eigenvalue weighted by Gasteiger charge is 2.48. The SMILES string of the molecule is CCOC(=O)C1=C(COCCN(C)CCCCCCCCN(C)CCC2(OC(=O)COC)CCc3cc(F)ccc3C2C(C)C)NC(C)=C(C(=O)OC)C1c1ccccc1Cl. The number of dihydropyridines is 1. The summed E-state index contributed by atoms with van der Waals surface area (Å²) in [7, 11) is 7.04. The number of aryl methyl sites for hydroxylation is 1. The van der Waals surface area contributed by atoms with Crippen molar-refractivity contribution in [2.45, 2.75) is 103 Å². The van der Waals surface area contributed by atoms with Crippen LogP contribution >= 0.6 is 11.6 Å². The molecule has 2 aliphatic rings. The van der Waals surface area contributed by atoms with E-state index >= 15 is 0 Å². The Hall–Kier alpha value is -3.81. The van der Waals surface area contributed by atoms with Crippen molar-refractivity contribution < 1.29 is 42.5 Å². The smallest absolute Gasteiger partial charge is 0.336 e. The number of rotatable bonds is 25. The summed E-state index contributed by atoms with van der Waals surface area (Å²) in [5.74, 6) is -2.30. The average molecular weight is 871 g/mol. The number of methoxy groups -OCH3 is 2. The van der Waals surface area contributed by atoms with Gasteiger partial charge in [-0.1, -0.05) is 75.4 Å². The van der Waals surface area contributed by atoms with Gasteiger partial charge in [-0.25, -0.2) is 18.8 Å². The molecule has 0 radical (unpaired) electrons. The number of carbonyl (C=O) groups is 3. The molecule has 11 nitrogen and oxygen atoms in total. The number of halogens is 2. The van der Waals surface area contributed by atoms with Crippen LogP contribution in [0.2, 0.25) is 5.02 Å². The van der Waals surface area contributed by atoms with Crippen LogP contribution in [0.15, 0.2) is 65.0 Å². The molecule has 4 rings (SSSR count). The van der Waals surface area contributed by atoms with E-state index in [4.69, 9.17) is 35.3 Å². The van der Waals surface area contributed by atoms with E-state index in [1.165, 1.54) is 33.1 Å². The van der Waals surface area contributed by atoms with Gasteiger partial charge in [-0.05, 0) is 108 Å². The van der Waals surface area contributed by atoms with Gasteiger partial charge >= 0.3 is 17.9 Å². The molecular weight excluding hydrogens is 801 g/mol. The Labute approximate surface area is 368 Å². The molecule has 0 bridgehead atoms. The van der Waals surface area contributed by atoms with Crippen molar-refractivity contribution in [1.29, 1.82) is 0 Å². The van der Waals surface area contributed by atoms with Gasteiger partial charge in [-0.2, -0.15) is 0 Å². The molecule has 1 heterocycles. The molecule has 13 heteroatoms. The quantitative estimate of drug-likeness (QED) is 0.0590. The summed E-state index contributed by atoms with van der Waals surface area (Å²) < 4.78 is 42.3. The van der Waals surface area contributed by atoms with Crippen molar-refractivity contribution >= 4 is 29.5 Å². The minimum absolute atomic E-state index is 0.0277. The van der Waals surface area contributed by atoms with Crippen molar-refractivity contribution in [2.24, 2.45) is 5.92 Å². The number of likely N-dealkylation sites (N-methyl/N-ethyl adjacent to an activating group) is 1. The summed E-state index contributed by atoms with van der Waals surface area (Å²) in [6.07, 6.45) is 8.88. The fourth-order valence-electron chi connectivity index (χ4n) is 9.00. The number of allylic oxidation sites excluding steroid dienone is 1. The van der Waals surface area contributed by atoms with Crippen LogP contribution in [0, 0.1) is 11.7 Å². The van der Waals surface area contributed by atoms with Crippen molar-refractivity contribution in [3.05, 3.63) is 92.5 Å². The Kier molecular flexibility index (Phi) is 20.2. The first-order valence-corrected chi connectivity index (χ1v) is 22.3. The van der Waals surface area contributed by atoms with E-state index in [0.29, 0.717) is 53.4 Å². The van der Waals surface area contributed by atoms with E-state index in [1.807, 2.05) is 12.1 Å². The number of fused-ring (bicyclic) bond motifs is 1. The number of esters is 3. The second-order valence-corrected chi connectivity index (χ2v) is 17.2. The van der Waals surface area contributed by atoms with Crippen LogP contribution in [0.5, 0.6) is 0 Å². The van der Waals surface area contributed by atoms with Crippen molar-refractivity contribution in [3.63, 3.8) is 0 Å². The molecule has 0 spiro atoms. The van der Waals surface area contributed by atoms with Gasteiger partial charge in [-0.3, -0.25) is 0 Å². The molecule has 3 unspecified atom stereocenters. The Morgan fingerprint density at radius 1 is 0.902 bits per heavy atom. The molecule has 2 aromatic carbocycles. The molecule has 1 N–H and O–H groups in total. The molecule has 0 amide bonds. The highest BCUT2D eigenvalue weighted by Crippen LogP contribution is 2.48. The van der Waals surface area contributed by atoms with Crippen LogP contribution in [0.25, 0.3) is 0 Å². The van der Waals surface area contributed by atoms with Gasteiger partial charge in [0.25, 0.3) is 0 Å². The topological polar surface area (TPSA) is 116 Å². The maximum absolute atomic E-state index is 14.1. The van der Waals surface area contributed by atoms with Gasteiger partial charge in [0.05, 0.1) is 49.7 Å². The molecule has 0 aromatic heterocycles. The molecule has 2 aromatic rings. The summed E-state index contributed by atoms with van der Waals surface area (Å²) in [4.78, 5) is 43.9. The Morgan fingerprint density at radius 3 is 2.21 bits per heavy atom. The van der Waals surface area contributed by atoms with Gasteiger partial charge in [0.1, 0.15) is 18.0 Å². The number of hydrogen-bond acceptors (Lipinski definition) is 11. The zero-order chi connectivity index (χ0) is 44.5. The van der Waals surface area contributed by atoms with E-state index in [0.717, 1.165) is 63.0 Å². The van der Waals surface area contributed by atoms with Crippen LogP contribution < -0.4 is 5.32 Å². The Morgan fingerprint density at radius 2 is 1.57 bits per heavy atom. The van der Waals surface area contributed by atoms with Gasteiger partial charge in [0.2, 0.25) is 0 Å². The number of unbranched alkanes of at least 4 members (excludes halogenated alkanes) is 5. The van der Waals surface area contributed by atoms with Gasteiger partial charge in [-0.15, -0.1) is 0 Å². The van der Waals surface area contributed by atoms with Crippen molar-refractivity contribution in [2.75, 3.05) is 80.9 Å². The first kappa shape index (κ1) is 49.8. The van der Waals surface area contributed by atoms with Crippen LogP contribution in [0.1, 0.15) is 108 Å². The third-order valence-corrected chi connectivity index (χ3v) is 12.3. The minimum Gasteiger partial charge on any atom is -0.466 e. The molecule has 0 saturated heterocycles. The molecule has 61 heavy (non-hydrogen) atoms. The number of benzene rings is 2. The third kappa shape index (κ3) is 13.8. The van der Waals surface area contributed by atoms with Gasteiger partial charge in [0, 0.05) is 43.3 Å². The fourth-order valence-corrected chi connectivity index (χ4v) is 9.24. The first-order valence-electron chi connectivity index (χ1n) is 21.9. The van der Waals surface area contributed by atoms with Crippen molar-refractivity contribution in [3.8, 4) is 0 Å². The van der Waals surface area contributed by atoms with E-state index in [2.05, 4.69) is 43.1 Å². The van der Waals surface area contributed by atoms with Crippen LogP contribution in [-0.2, 0) is 44.5 Å². The Balaban J connectivity index is 1.19. The number of carbonyl (C=O) groups excluding carboxylic acids is 3. The summed E-state index contributed by atoms with van der Waals surface area (Å²) >= 11 is 6.62. The molecule has 0 saturated carbocycles. The predicted octanol–water partition coefficient (Wildman–Crippen LogP) is 8.36. The highest BCUT2D eigenvalue weighted by molar-refractivity contribution is 6.31. The zero-order valence-electron chi connectivity index (χ0n) is 37.7. The minimum atomic E-state index is -0.784. The summed E-state index contributed by atoms with van der Waals surface area (Å²) in [5.41, 5.74) is 3.69. The zero-order valence-corrected chi connectivity index (χ0v) is 38.5. The lowest BCUT2D eigenvalue weighted by Gasteiger charge is -2.47. The molecule has 3 atom stereocenters. The molecule has 0 fully saturated rings. The summed E-state index contributed by atoms with van der Waals surface area (Å²) in [6.45, 7) is 11.9. The fraction of sp³-hybridized carbons (Fsp3) is 0.604. The number of nitrogens with one attached hydrogen (secondary N) is 1. The van der Waals surface area contributed by atoms with Crippen LogP contribution in [0.4, 0.5) is 4.39 Å². The lowest BCUT2D eigenvalue weighted by molar-refractivity contribution is -0.172. The van der Waals surface area contributed by atoms with Gasteiger partial charge in [0.15, 0.2) is 0 Å². The Bertz CT molecular complexity index is 1840. The maximum atomic E-state index is 14.1. The second kappa shape index (κ2) is 24.7. The standard InChI is InChI=1S/C48H69ClFN3O8/c1-9-60-47(56)44-40(51-34(4)42(46(55)58-8)43(44)38-18-14-15-19-39(38)49)31-59-29-28-53(6)26-17-13-11-10-12-16-25-52(5)27-24-48(61-41(54)32-57-7)23-22-35-30-36(50)20-21-37(35)45(48)33(2)3/h14-15,18-21,30,33,43,45,51H,9-13,16-17,22-29,31-32H2,1-8H3. The predicted molar refractivity (Wildman–Crippen MR) is 237 cm³/mol. The second-order valence-electron chi connectivity index (χ2n) is 16.8. The maximum Gasteiger partial charge on any atom is 0.336 e.